The largest absolute Gasteiger partial charge is 0.325 e. The summed E-state index contributed by atoms with van der Waals surface area (Å²) in [6, 6.07) is 22.0. The van der Waals surface area contributed by atoms with Gasteiger partial charge in [-0.1, -0.05) is 71.9 Å². The summed E-state index contributed by atoms with van der Waals surface area (Å²) in [7, 11) is 0. The highest BCUT2D eigenvalue weighted by Crippen LogP contribution is 2.25. The predicted molar refractivity (Wildman–Crippen MR) is 114 cm³/mol. The van der Waals surface area contributed by atoms with Crippen LogP contribution < -0.4 is 5.32 Å². The van der Waals surface area contributed by atoms with Crippen molar-refractivity contribution in [3.05, 3.63) is 72.3 Å². The van der Waals surface area contributed by atoms with Crippen LogP contribution >= 0.6 is 11.8 Å². The van der Waals surface area contributed by atoms with Crippen molar-refractivity contribution in [2.45, 2.75) is 24.3 Å². The molecular formula is C22H20N4OS. The van der Waals surface area contributed by atoms with E-state index in [1.165, 1.54) is 17.3 Å². The fourth-order valence-electron chi connectivity index (χ4n) is 2.86. The summed E-state index contributed by atoms with van der Waals surface area (Å²) in [5.41, 5.74) is 2.95. The number of H-pyrrole nitrogens is 1. The Bertz CT molecular complexity index is 1120. The molecule has 4 rings (SSSR count). The minimum Gasteiger partial charge on any atom is -0.325 e. The summed E-state index contributed by atoms with van der Waals surface area (Å²) in [4.78, 5) is 17.1. The molecule has 28 heavy (non-hydrogen) atoms. The molecule has 4 aromatic rings. The maximum Gasteiger partial charge on any atom is 0.237 e. The van der Waals surface area contributed by atoms with Gasteiger partial charge < -0.3 is 5.32 Å². The van der Waals surface area contributed by atoms with E-state index in [2.05, 4.69) is 20.5 Å². The number of aromatic amines is 1. The van der Waals surface area contributed by atoms with E-state index in [0.29, 0.717) is 11.0 Å². The smallest absolute Gasteiger partial charge is 0.237 e. The van der Waals surface area contributed by atoms with Gasteiger partial charge in [-0.25, -0.2) is 4.98 Å². The van der Waals surface area contributed by atoms with Crippen molar-refractivity contribution in [1.82, 2.24) is 15.2 Å². The Morgan fingerprint density at radius 2 is 1.79 bits per heavy atom. The number of hydrogen-bond donors (Lipinski definition) is 2. The zero-order chi connectivity index (χ0) is 19.5. The van der Waals surface area contributed by atoms with Crippen molar-refractivity contribution in [2.24, 2.45) is 0 Å². The summed E-state index contributed by atoms with van der Waals surface area (Å²) in [6.07, 6.45) is 0. The van der Waals surface area contributed by atoms with Crippen molar-refractivity contribution in [1.29, 1.82) is 0 Å². The third-order valence-corrected chi connectivity index (χ3v) is 5.42. The molecule has 140 valence electrons. The first kappa shape index (κ1) is 18.3. The first-order valence-electron chi connectivity index (χ1n) is 9.04. The second-order valence-electron chi connectivity index (χ2n) is 6.64. The van der Waals surface area contributed by atoms with Gasteiger partial charge >= 0.3 is 0 Å². The lowest BCUT2D eigenvalue weighted by molar-refractivity contribution is -0.115. The second-order valence-corrected chi connectivity index (χ2v) is 7.95. The normalized spacial score (nSPS) is 12.1. The number of amides is 1. The average molecular weight is 388 g/mol. The third-order valence-electron chi connectivity index (χ3n) is 4.46. The number of aromatic nitrogens is 3. The number of aryl methyl sites for hydroxylation is 1. The molecule has 6 heteroatoms. The monoisotopic (exact) mass is 388 g/mol. The fraction of sp³-hybridized carbons (Fsp3) is 0.136. The zero-order valence-electron chi connectivity index (χ0n) is 15.6. The summed E-state index contributed by atoms with van der Waals surface area (Å²) >= 11 is 1.33. The van der Waals surface area contributed by atoms with E-state index < -0.39 is 0 Å². The fourth-order valence-corrected chi connectivity index (χ4v) is 3.59. The molecular weight excluding hydrogens is 368 g/mol. The molecule has 3 aromatic carbocycles. The van der Waals surface area contributed by atoms with Crippen LogP contribution in [0.15, 0.2) is 71.9 Å². The van der Waals surface area contributed by atoms with E-state index in [0.717, 1.165) is 22.0 Å². The van der Waals surface area contributed by atoms with Crippen LogP contribution in [-0.2, 0) is 4.79 Å². The molecule has 0 aliphatic carbocycles. The second kappa shape index (κ2) is 7.86. The van der Waals surface area contributed by atoms with Crippen LogP contribution in [0.2, 0.25) is 0 Å². The number of benzene rings is 3. The molecule has 0 saturated heterocycles. The maximum atomic E-state index is 12.6. The van der Waals surface area contributed by atoms with Crippen molar-refractivity contribution < 1.29 is 4.79 Å². The topological polar surface area (TPSA) is 70.7 Å². The molecule has 0 radical (unpaired) electrons. The van der Waals surface area contributed by atoms with Gasteiger partial charge in [0.15, 0.2) is 5.82 Å². The van der Waals surface area contributed by atoms with Gasteiger partial charge in [-0.3, -0.25) is 9.89 Å². The number of thioether (sulfide) groups is 1. The standard InChI is InChI=1S/C22H20N4OS/c1-14-7-9-17(10-8-14)20-24-22(26-25-20)28-15(2)21(27)23-19-12-11-16-5-3-4-6-18(16)13-19/h3-13,15H,1-2H3,(H,23,27)(H,24,25,26)/t15-/m1/s1. The molecule has 0 bridgehead atoms. The number of carbonyl (C=O) groups is 1. The number of anilines is 1. The van der Waals surface area contributed by atoms with E-state index >= 15 is 0 Å². The lowest BCUT2D eigenvalue weighted by Gasteiger charge is -2.10. The lowest BCUT2D eigenvalue weighted by Crippen LogP contribution is -2.22. The van der Waals surface area contributed by atoms with Gasteiger partial charge in [0.2, 0.25) is 11.1 Å². The van der Waals surface area contributed by atoms with E-state index in [9.17, 15) is 4.79 Å². The maximum absolute atomic E-state index is 12.6. The predicted octanol–water partition coefficient (Wildman–Crippen LogP) is 5.05. The first-order valence-corrected chi connectivity index (χ1v) is 9.92. The van der Waals surface area contributed by atoms with E-state index in [1.54, 1.807) is 0 Å². The number of fused-ring (bicyclic) bond motifs is 1. The van der Waals surface area contributed by atoms with E-state index in [1.807, 2.05) is 80.6 Å². The van der Waals surface area contributed by atoms with Gasteiger partial charge in [0.1, 0.15) is 0 Å². The molecule has 1 amide bonds. The molecule has 0 saturated carbocycles. The Morgan fingerprint density at radius 1 is 1.04 bits per heavy atom. The molecule has 0 aliphatic rings. The summed E-state index contributed by atoms with van der Waals surface area (Å²) in [6.45, 7) is 3.89. The zero-order valence-corrected chi connectivity index (χ0v) is 16.5. The molecule has 2 N–H and O–H groups in total. The van der Waals surface area contributed by atoms with Crippen LogP contribution in [0.25, 0.3) is 22.2 Å². The van der Waals surface area contributed by atoms with Crippen molar-refractivity contribution in [3.8, 4) is 11.4 Å². The highest BCUT2D eigenvalue weighted by atomic mass is 32.2. The molecule has 0 aliphatic heterocycles. The van der Waals surface area contributed by atoms with E-state index in [-0.39, 0.29) is 11.2 Å². The Kier molecular flexibility index (Phi) is 5.12. The molecule has 0 fully saturated rings. The summed E-state index contributed by atoms with van der Waals surface area (Å²) in [5.74, 6) is 0.617. The Balaban J connectivity index is 1.42. The minimum atomic E-state index is -0.326. The third kappa shape index (κ3) is 4.07. The quantitative estimate of drug-likeness (QED) is 0.469. The molecule has 1 heterocycles. The Labute approximate surface area is 167 Å². The SMILES string of the molecule is Cc1ccc(-c2nc(S[C@H](C)C(=O)Nc3ccc4ccccc4c3)n[nH]2)cc1. The molecule has 1 aromatic heterocycles. The van der Waals surface area contributed by atoms with Crippen LogP contribution in [0.4, 0.5) is 5.69 Å². The number of nitrogens with zero attached hydrogens (tertiary/aromatic N) is 2. The average Bonchev–Trinajstić information content (AvgIpc) is 3.17. The van der Waals surface area contributed by atoms with Gasteiger partial charge in [-0.2, -0.15) is 0 Å². The van der Waals surface area contributed by atoms with E-state index in [4.69, 9.17) is 0 Å². The van der Waals surface area contributed by atoms with Gasteiger partial charge in [0.05, 0.1) is 5.25 Å². The van der Waals surface area contributed by atoms with Crippen LogP contribution in [0.1, 0.15) is 12.5 Å². The van der Waals surface area contributed by atoms with Crippen LogP contribution in [0.5, 0.6) is 0 Å². The number of carbonyl (C=O) groups excluding carboxylic acids is 1. The van der Waals surface area contributed by atoms with Gasteiger partial charge in [0.25, 0.3) is 0 Å². The minimum absolute atomic E-state index is 0.0815. The van der Waals surface area contributed by atoms with Crippen LogP contribution in [0.3, 0.4) is 0 Å². The lowest BCUT2D eigenvalue weighted by atomic mass is 10.1. The highest BCUT2D eigenvalue weighted by molar-refractivity contribution is 8.00. The number of nitrogens with one attached hydrogen (secondary N) is 2. The number of rotatable bonds is 5. The van der Waals surface area contributed by atoms with Crippen molar-refractivity contribution >= 4 is 34.1 Å². The van der Waals surface area contributed by atoms with Gasteiger partial charge in [0, 0.05) is 11.3 Å². The van der Waals surface area contributed by atoms with Crippen LogP contribution in [-0.4, -0.2) is 26.3 Å². The number of hydrogen-bond acceptors (Lipinski definition) is 4. The van der Waals surface area contributed by atoms with Crippen LogP contribution in [0, 0.1) is 6.92 Å². The van der Waals surface area contributed by atoms with Crippen molar-refractivity contribution in [3.63, 3.8) is 0 Å². The molecule has 1 atom stereocenters. The first-order chi connectivity index (χ1) is 13.6. The van der Waals surface area contributed by atoms with Gasteiger partial charge in [-0.15, -0.1) is 5.10 Å². The Morgan fingerprint density at radius 3 is 2.57 bits per heavy atom. The van der Waals surface area contributed by atoms with Crippen molar-refractivity contribution in [2.75, 3.05) is 5.32 Å². The molecule has 0 unspecified atom stereocenters. The Hall–Kier alpha value is -3.12. The molecule has 0 spiro atoms. The summed E-state index contributed by atoms with van der Waals surface area (Å²) < 4.78 is 0. The highest BCUT2D eigenvalue weighted by Gasteiger charge is 2.18. The summed E-state index contributed by atoms with van der Waals surface area (Å²) in [5, 5.41) is 12.6. The van der Waals surface area contributed by atoms with Gasteiger partial charge in [-0.05, 0) is 36.8 Å². The molecule has 5 nitrogen and oxygen atoms in total.